The first-order valence-corrected chi connectivity index (χ1v) is 5.16. The van der Waals surface area contributed by atoms with Crippen LogP contribution in [0, 0.1) is 11.6 Å². The lowest BCUT2D eigenvalue weighted by molar-refractivity contribution is 0.595. The van der Waals surface area contributed by atoms with E-state index >= 15 is 0 Å². The van der Waals surface area contributed by atoms with E-state index in [1.165, 1.54) is 18.5 Å². The molecule has 6 heteroatoms. The molecule has 0 bridgehead atoms. The molecule has 17 heavy (non-hydrogen) atoms. The van der Waals surface area contributed by atoms with E-state index in [1.807, 2.05) is 0 Å². The van der Waals surface area contributed by atoms with Gasteiger partial charge in [0.2, 0.25) is 0 Å². The summed E-state index contributed by atoms with van der Waals surface area (Å²) in [6.45, 7) is -0.0415. The standard InChI is InChI=1S/C11H8ClF2N3/c12-8-3-6(13)1-2-7(8)11-10(14)9(4-15)16-5-17-11/h1-3,5H,4,15H2. The highest BCUT2D eigenvalue weighted by Crippen LogP contribution is 2.29. The lowest BCUT2D eigenvalue weighted by atomic mass is 10.1. The van der Waals surface area contributed by atoms with Crippen molar-refractivity contribution in [3.8, 4) is 11.3 Å². The van der Waals surface area contributed by atoms with Gasteiger partial charge in [0, 0.05) is 12.1 Å². The maximum absolute atomic E-state index is 13.9. The van der Waals surface area contributed by atoms with Crippen molar-refractivity contribution in [1.29, 1.82) is 0 Å². The van der Waals surface area contributed by atoms with Crippen molar-refractivity contribution >= 4 is 11.6 Å². The lowest BCUT2D eigenvalue weighted by Crippen LogP contribution is -2.05. The minimum Gasteiger partial charge on any atom is -0.325 e. The van der Waals surface area contributed by atoms with Gasteiger partial charge in [-0.2, -0.15) is 0 Å². The van der Waals surface area contributed by atoms with Gasteiger partial charge in [0.05, 0.1) is 10.7 Å². The monoisotopic (exact) mass is 255 g/mol. The molecule has 0 unspecified atom stereocenters. The minimum atomic E-state index is -0.636. The van der Waals surface area contributed by atoms with Crippen LogP contribution in [0.2, 0.25) is 5.02 Å². The SMILES string of the molecule is NCc1ncnc(-c2ccc(F)cc2Cl)c1F. The molecule has 0 saturated heterocycles. The Morgan fingerprint density at radius 2 is 2.00 bits per heavy atom. The number of rotatable bonds is 2. The molecule has 88 valence electrons. The Morgan fingerprint density at radius 3 is 2.65 bits per heavy atom. The molecule has 3 nitrogen and oxygen atoms in total. The van der Waals surface area contributed by atoms with Gasteiger partial charge in [0.1, 0.15) is 17.8 Å². The van der Waals surface area contributed by atoms with Crippen molar-refractivity contribution in [3.05, 3.63) is 46.9 Å². The van der Waals surface area contributed by atoms with Crippen molar-refractivity contribution in [2.45, 2.75) is 6.54 Å². The smallest absolute Gasteiger partial charge is 0.172 e. The second kappa shape index (κ2) is 4.73. The van der Waals surface area contributed by atoms with Gasteiger partial charge >= 0.3 is 0 Å². The second-order valence-electron chi connectivity index (χ2n) is 3.31. The summed E-state index contributed by atoms with van der Waals surface area (Å²) in [4.78, 5) is 7.50. The third-order valence-corrected chi connectivity index (χ3v) is 2.55. The second-order valence-corrected chi connectivity index (χ2v) is 3.72. The van der Waals surface area contributed by atoms with Gasteiger partial charge in [-0.15, -0.1) is 0 Å². The first-order chi connectivity index (χ1) is 8.13. The summed E-state index contributed by atoms with van der Waals surface area (Å²) in [5.74, 6) is -1.13. The van der Waals surface area contributed by atoms with E-state index in [2.05, 4.69) is 9.97 Å². The third kappa shape index (κ3) is 2.25. The average Bonchev–Trinajstić information content (AvgIpc) is 2.30. The van der Waals surface area contributed by atoms with Crippen LogP contribution in [0.1, 0.15) is 5.69 Å². The summed E-state index contributed by atoms with van der Waals surface area (Å²) >= 11 is 5.83. The summed E-state index contributed by atoms with van der Waals surface area (Å²) in [6, 6.07) is 3.65. The van der Waals surface area contributed by atoms with Crippen molar-refractivity contribution in [1.82, 2.24) is 9.97 Å². The minimum absolute atomic E-state index is 0.0189. The summed E-state index contributed by atoms with van der Waals surface area (Å²) in [7, 11) is 0. The van der Waals surface area contributed by atoms with Gasteiger partial charge in [0.15, 0.2) is 5.82 Å². The van der Waals surface area contributed by atoms with Crippen LogP contribution < -0.4 is 5.73 Å². The van der Waals surface area contributed by atoms with Crippen molar-refractivity contribution in [2.75, 3.05) is 0 Å². The fourth-order valence-corrected chi connectivity index (χ4v) is 1.67. The zero-order chi connectivity index (χ0) is 12.4. The fourth-order valence-electron chi connectivity index (χ4n) is 1.42. The van der Waals surface area contributed by atoms with Crippen LogP contribution in [0.25, 0.3) is 11.3 Å². The maximum atomic E-state index is 13.9. The van der Waals surface area contributed by atoms with Crippen LogP contribution in [0.3, 0.4) is 0 Å². The molecule has 0 atom stereocenters. The van der Waals surface area contributed by atoms with E-state index in [1.54, 1.807) is 0 Å². The van der Waals surface area contributed by atoms with E-state index in [0.29, 0.717) is 5.56 Å². The molecule has 0 saturated carbocycles. The number of hydrogen-bond donors (Lipinski definition) is 1. The number of hydrogen-bond acceptors (Lipinski definition) is 3. The summed E-state index contributed by atoms with van der Waals surface area (Å²) in [5, 5.41) is 0.0885. The number of halogens is 3. The molecule has 0 spiro atoms. The van der Waals surface area contributed by atoms with Gasteiger partial charge < -0.3 is 5.73 Å². The number of nitrogens with two attached hydrogens (primary N) is 1. The van der Waals surface area contributed by atoms with Gasteiger partial charge in [-0.1, -0.05) is 11.6 Å². The molecule has 0 aliphatic rings. The molecule has 2 rings (SSSR count). The van der Waals surface area contributed by atoms with Crippen LogP contribution in [0.15, 0.2) is 24.5 Å². The number of nitrogens with zero attached hydrogens (tertiary/aromatic N) is 2. The predicted octanol–water partition coefficient (Wildman–Crippen LogP) is 2.53. The molecule has 2 N–H and O–H groups in total. The molecule has 0 fully saturated rings. The zero-order valence-electron chi connectivity index (χ0n) is 8.62. The van der Waals surface area contributed by atoms with Crippen LogP contribution in [0.4, 0.5) is 8.78 Å². The first-order valence-electron chi connectivity index (χ1n) is 4.78. The Labute approximate surface area is 101 Å². The largest absolute Gasteiger partial charge is 0.325 e. The molecule has 1 aromatic heterocycles. The molecule has 1 aromatic carbocycles. The highest BCUT2D eigenvalue weighted by atomic mass is 35.5. The highest BCUT2D eigenvalue weighted by molar-refractivity contribution is 6.33. The van der Waals surface area contributed by atoms with Crippen molar-refractivity contribution in [2.24, 2.45) is 5.73 Å². The zero-order valence-corrected chi connectivity index (χ0v) is 9.38. The Balaban J connectivity index is 2.60. The molecule has 0 amide bonds. The van der Waals surface area contributed by atoms with Gasteiger partial charge in [-0.25, -0.2) is 18.7 Å². The first kappa shape index (κ1) is 11.9. The fraction of sp³-hybridized carbons (Fsp3) is 0.0909. The number of aromatic nitrogens is 2. The topological polar surface area (TPSA) is 51.8 Å². The average molecular weight is 256 g/mol. The van der Waals surface area contributed by atoms with Crippen LogP contribution in [-0.4, -0.2) is 9.97 Å². The van der Waals surface area contributed by atoms with E-state index in [4.69, 9.17) is 17.3 Å². The summed E-state index contributed by atoms with van der Waals surface area (Å²) in [6.07, 6.45) is 1.19. The Morgan fingerprint density at radius 1 is 1.24 bits per heavy atom. The quantitative estimate of drug-likeness (QED) is 0.897. The molecule has 1 heterocycles. The predicted molar refractivity (Wildman–Crippen MR) is 60.3 cm³/mol. The van der Waals surface area contributed by atoms with Crippen LogP contribution in [0.5, 0.6) is 0 Å². The van der Waals surface area contributed by atoms with Crippen LogP contribution in [-0.2, 0) is 6.54 Å². The van der Waals surface area contributed by atoms with Crippen molar-refractivity contribution < 1.29 is 8.78 Å². The molecular weight excluding hydrogens is 248 g/mol. The normalized spacial score (nSPS) is 10.6. The lowest BCUT2D eigenvalue weighted by Gasteiger charge is -2.06. The van der Waals surface area contributed by atoms with Gasteiger partial charge in [0.25, 0.3) is 0 Å². The molecule has 0 radical (unpaired) electrons. The molecule has 2 aromatic rings. The van der Waals surface area contributed by atoms with Gasteiger partial charge in [-0.05, 0) is 18.2 Å². The van der Waals surface area contributed by atoms with E-state index in [9.17, 15) is 8.78 Å². The Hall–Kier alpha value is -1.59. The van der Waals surface area contributed by atoms with E-state index in [-0.39, 0.29) is 23.0 Å². The maximum Gasteiger partial charge on any atom is 0.172 e. The van der Waals surface area contributed by atoms with Crippen molar-refractivity contribution in [3.63, 3.8) is 0 Å². The molecule has 0 aliphatic carbocycles. The number of benzene rings is 1. The third-order valence-electron chi connectivity index (χ3n) is 2.24. The van der Waals surface area contributed by atoms with Gasteiger partial charge in [-0.3, -0.25) is 0 Å². The summed E-state index contributed by atoms with van der Waals surface area (Å²) < 4.78 is 26.8. The van der Waals surface area contributed by atoms with Crippen LogP contribution >= 0.6 is 11.6 Å². The summed E-state index contributed by atoms with van der Waals surface area (Å²) in [5.41, 5.74) is 5.76. The molecular formula is C11H8ClF2N3. The highest BCUT2D eigenvalue weighted by Gasteiger charge is 2.14. The Bertz CT molecular complexity index is 560. The van der Waals surface area contributed by atoms with E-state index < -0.39 is 11.6 Å². The molecule has 0 aliphatic heterocycles. The van der Waals surface area contributed by atoms with E-state index in [0.717, 1.165) is 6.07 Å². The Kier molecular flexibility index (Phi) is 3.31.